The van der Waals surface area contributed by atoms with Crippen molar-refractivity contribution >= 4 is 15.7 Å². The highest BCUT2D eigenvalue weighted by Crippen LogP contribution is 2.20. The molecule has 0 bridgehead atoms. The fourth-order valence-corrected chi connectivity index (χ4v) is 3.18. The molecule has 0 aliphatic carbocycles. The van der Waals surface area contributed by atoms with Gasteiger partial charge in [-0.3, -0.25) is 4.79 Å². The zero-order chi connectivity index (χ0) is 14.8. The lowest BCUT2D eigenvalue weighted by molar-refractivity contribution is -0.131. The van der Waals surface area contributed by atoms with E-state index in [4.69, 9.17) is 5.73 Å². The number of rotatable bonds is 5. The summed E-state index contributed by atoms with van der Waals surface area (Å²) in [5.74, 6) is 0.223. The topological polar surface area (TPSA) is 83.7 Å². The fourth-order valence-electron chi connectivity index (χ4n) is 2.50. The first kappa shape index (κ1) is 16.4. The second-order valence-corrected chi connectivity index (χ2v) is 8.04. The molecular formula is C12H25N3O3S. The normalized spacial score (nSPS) is 25.9. The lowest BCUT2D eigenvalue weighted by Crippen LogP contribution is -2.44. The van der Waals surface area contributed by atoms with E-state index in [0.29, 0.717) is 25.0 Å². The summed E-state index contributed by atoms with van der Waals surface area (Å²) < 4.78 is 22.2. The summed E-state index contributed by atoms with van der Waals surface area (Å²) in [5.41, 5.74) is 5.80. The first-order valence-electron chi connectivity index (χ1n) is 6.50. The van der Waals surface area contributed by atoms with Crippen LogP contribution in [0, 0.1) is 5.92 Å². The van der Waals surface area contributed by atoms with Crippen LogP contribution < -0.4 is 5.73 Å². The third-order valence-corrected chi connectivity index (χ3v) is 4.64. The van der Waals surface area contributed by atoms with Crippen molar-refractivity contribution in [2.45, 2.75) is 25.4 Å². The highest BCUT2D eigenvalue weighted by atomic mass is 32.2. The quantitative estimate of drug-likeness (QED) is 0.714. The molecule has 0 aromatic rings. The number of carbonyl (C=O) groups excluding carboxylic acids is 1. The van der Waals surface area contributed by atoms with Gasteiger partial charge < -0.3 is 15.5 Å². The molecule has 1 rings (SSSR count). The lowest BCUT2D eigenvalue weighted by Gasteiger charge is -2.23. The van der Waals surface area contributed by atoms with Gasteiger partial charge in [0.25, 0.3) is 0 Å². The van der Waals surface area contributed by atoms with Gasteiger partial charge in [-0.1, -0.05) is 6.92 Å². The molecule has 2 N–H and O–H groups in total. The summed E-state index contributed by atoms with van der Waals surface area (Å²) >= 11 is 0. The van der Waals surface area contributed by atoms with E-state index in [2.05, 4.69) is 11.8 Å². The van der Waals surface area contributed by atoms with Crippen LogP contribution in [-0.2, 0) is 14.6 Å². The summed E-state index contributed by atoms with van der Waals surface area (Å²) in [6.45, 7) is 3.47. The number of hydrogen-bond acceptors (Lipinski definition) is 5. The van der Waals surface area contributed by atoms with Crippen molar-refractivity contribution < 1.29 is 13.2 Å². The van der Waals surface area contributed by atoms with Crippen LogP contribution in [0.1, 0.15) is 13.3 Å². The average Bonchev–Trinajstić information content (AvgIpc) is 2.66. The molecule has 1 amide bonds. The van der Waals surface area contributed by atoms with Crippen LogP contribution in [-0.4, -0.2) is 75.4 Å². The van der Waals surface area contributed by atoms with Crippen molar-refractivity contribution in [2.24, 2.45) is 11.7 Å². The van der Waals surface area contributed by atoms with Crippen molar-refractivity contribution in [1.82, 2.24) is 9.80 Å². The number of likely N-dealkylation sites (N-methyl/N-ethyl adjacent to an activating group) is 1. The van der Waals surface area contributed by atoms with E-state index in [0.717, 1.165) is 6.26 Å². The Kier molecular flexibility index (Phi) is 5.34. The Morgan fingerprint density at radius 1 is 1.42 bits per heavy atom. The smallest absolute Gasteiger partial charge is 0.239 e. The van der Waals surface area contributed by atoms with Crippen LogP contribution in [0.3, 0.4) is 0 Å². The highest BCUT2D eigenvalue weighted by Gasteiger charge is 2.35. The third kappa shape index (κ3) is 4.74. The molecule has 112 valence electrons. The van der Waals surface area contributed by atoms with Crippen molar-refractivity contribution in [1.29, 1.82) is 0 Å². The molecule has 3 unspecified atom stereocenters. The second-order valence-electron chi connectivity index (χ2n) is 5.78. The van der Waals surface area contributed by atoms with Gasteiger partial charge in [0, 0.05) is 25.4 Å². The molecule has 1 aliphatic rings. The Hall–Kier alpha value is -0.660. The van der Waals surface area contributed by atoms with Gasteiger partial charge >= 0.3 is 0 Å². The standard InChI is InChI=1S/C12H25N3O3S/c1-9-7-15(8-11(9)14(2)3)12(16)10(13)5-6-19(4,17)18/h9-11H,5-8,13H2,1-4H3. The molecule has 0 radical (unpaired) electrons. The molecule has 0 saturated carbocycles. The van der Waals surface area contributed by atoms with E-state index in [1.54, 1.807) is 4.90 Å². The van der Waals surface area contributed by atoms with Crippen LogP contribution in [0.5, 0.6) is 0 Å². The number of sulfone groups is 1. The Bertz CT molecular complexity index is 422. The third-order valence-electron chi connectivity index (χ3n) is 3.66. The number of amides is 1. The van der Waals surface area contributed by atoms with Crippen LogP contribution in [0.25, 0.3) is 0 Å². The maximum absolute atomic E-state index is 12.2. The van der Waals surface area contributed by atoms with Crippen molar-refractivity contribution in [2.75, 3.05) is 39.2 Å². The molecule has 0 aromatic heterocycles. The summed E-state index contributed by atoms with van der Waals surface area (Å²) in [7, 11) is 0.927. The SMILES string of the molecule is CC1CN(C(=O)C(N)CCS(C)(=O)=O)CC1N(C)C. The van der Waals surface area contributed by atoms with E-state index in [-0.39, 0.29) is 18.1 Å². The summed E-state index contributed by atoms with van der Waals surface area (Å²) in [6.07, 6.45) is 1.35. The van der Waals surface area contributed by atoms with Gasteiger partial charge in [-0.15, -0.1) is 0 Å². The Morgan fingerprint density at radius 3 is 2.42 bits per heavy atom. The van der Waals surface area contributed by atoms with Crippen molar-refractivity contribution in [3.05, 3.63) is 0 Å². The molecule has 3 atom stereocenters. The van der Waals surface area contributed by atoms with Gasteiger partial charge in [0.15, 0.2) is 0 Å². The average molecular weight is 291 g/mol. The maximum atomic E-state index is 12.2. The minimum absolute atomic E-state index is 0.0413. The Balaban J connectivity index is 2.55. The van der Waals surface area contributed by atoms with E-state index in [9.17, 15) is 13.2 Å². The summed E-state index contributed by atoms with van der Waals surface area (Å²) in [6, 6.07) is -0.381. The minimum atomic E-state index is -3.07. The molecular weight excluding hydrogens is 266 g/mol. The van der Waals surface area contributed by atoms with Gasteiger partial charge in [-0.2, -0.15) is 0 Å². The van der Waals surface area contributed by atoms with Gasteiger partial charge in [0.05, 0.1) is 11.8 Å². The fraction of sp³-hybridized carbons (Fsp3) is 0.917. The first-order valence-corrected chi connectivity index (χ1v) is 8.56. The molecule has 19 heavy (non-hydrogen) atoms. The second kappa shape index (κ2) is 6.19. The summed E-state index contributed by atoms with van der Waals surface area (Å²) in [5, 5.41) is 0. The Labute approximate surface area is 115 Å². The van der Waals surface area contributed by atoms with Gasteiger partial charge in [-0.05, 0) is 26.4 Å². The number of nitrogens with zero attached hydrogens (tertiary/aromatic N) is 2. The monoisotopic (exact) mass is 291 g/mol. The molecule has 1 saturated heterocycles. The predicted molar refractivity (Wildman–Crippen MR) is 75.5 cm³/mol. The van der Waals surface area contributed by atoms with Gasteiger partial charge in [0.1, 0.15) is 9.84 Å². The van der Waals surface area contributed by atoms with Crippen molar-refractivity contribution in [3.8, 4) is 0 Å². The molecule has 0 spiro atoms. The van der Waals surface area contributed by atoms with E-state index in [1.807, 2.05) is 14.1 Å². The molecule has 7 heteroatoms. The highest BCUT2D eigenvalue weighted by molar-refractivity contribution is 7.90. The molecule has 1 aliphatic heterocycles. The van der Waals surface area contributed by atoms with Crippen LogP contribution in [0.4, 0.5) is 0 Å². The van der Waals surface area contributed by atoms with Gasteiger partial charge in [-0.25, -0.2) is 8.42 Å². The predicted octanol–water partition coefficient (Wildman–Crippen LogP) is -0.843. The van der Waals surface area contributed by atoms with Crippen LogP contribution >= 0.6 is 0 Å². The number of carbonyl (C=O) groups is 1. The Morgan fingerprint density at radius 2 is 2.00 bits per heavy atom. The zero-order valence-electron chi connectivity index (χ0n) is 12.2. The molecule has 1 heterocycles. The largest absolute Gasteiger partial charge is 0.339 e. The maximum Gasteiger partial charge on any atom is 0.239 e. The number of hydrogen-bond donors (Lipinski definition) is 1. The van der Waals surface area contributed by atoms with Gasteiger partial charge in [0.2, 0.25) is 5.91 Å². The molecule has 0 aromatic carbocycles. The van der Waals surface area contributed by atoms with Crippen LogP contribution in [0.2, 0.25) is 0 Å². The number of nitrogens with two attached hydrogens (primary N) is 1. The number of likely N-dealkylation sites (tertiary alicyclic amines) is 1. The first-order chi connectivity index (χ1) is 8.61. The molecule has 6 nitrogen and oxygen atoms in total. The van der Waals surface area contributed by atoms with E-state index in [1.165, 1.54) is 0 Å². The van der Waals surface area contributed by atoms with Crippen molar-refractivity contribution in [3.63, 3.8) is 0 Å². The summed E-state index contributed by atoms with van der Waals surface area (Å²) in [4.78, 5) is 16.0. The van der Waals surface area contributed by atoms with Crippen LogP contribution in [0.15, 0.2) is 0 Å². The molecule has 1 fully saturated rings. The lowest BCUT2D eigenvalue weighted by atomic mass is 10.1. The zero-order valence-corrected chi connectivity index (χ0v) is 13.0. The van der Waals surface area contributed by atoms with E-state index >= 15 is 0 Å². The van der Waals surface area contributed by atoms with E-state index < -0.39 is 15.9 Å². The minimum Gasteiger partial charge on any atom is -0.339 e.